The maximum Gasteiger partial charge on any atom is 0.305 e. The minimum absolute atomic E-state index is 0.0520. The molecule has 5 unspecified atom stereocenters. The first-order chi connectivity index (χ1) is 25.7. The Balaban J connectivity index is 2.36. The standard InChI is InChI=1S/C45H82FNO6SSi3/c1-31(24-25-37(51-55(14,15)42(5,6)7)36(46)28-35-30-54-34(4)47-35)22-20-23-32(2)40(53-57(18,19)44(11,12)13)33(3)41(50)45(26-21-27-45)38(29-39(48)49)52-56(16,17)43(8,9)10/h24,28,30,32-33,37-38,40H,20-23,25-27,29H2,1-19H3,(H,48,49)/b31-24+,36-28-. The molecule has 0 saturated heterocycles. The predicted octanol–water partition coefficient (Wildman–Crippen LogP) is 13.9. The fourth-order valence-corrected chi connectivity index (χ4v) is 11.6. The number of nitrogens with zero attached hydrogens (tertiary/aromatic N) is 1. The molecule has 1 fully saturated rings. The number of hydrogen-bond acceptors (Lipinski definition) is 7. The molecule has 328 valence electrons. The number of thiazole rings is 1. The lowest BCUT2D eigenvalue weighted by molar-refractivity contribution is -0.156. The summed E-state index contributed by atoms with van der Waals surface area (Å²) >= 11 is 1.51. The molecule has 5 atom stereocenters. The molecule has 12 heteroatoms. The van der Waals surface area contributed by atoms with E-state index in [-0.39, 0.29) is 45.2 Å². The number of hydrogen-bond donors (Lipinski definition) is 1. The van der Waals surface area contributed by atoms with E-state index in [1.54, 1.807) is 0 Å². The van der Waals surface area contributed by atoms with Crippen LogP contribution in [0.15, 0.2) is 22.9 Å². The zero-order valence-corrected chi connectivity index (χ0v) is 43.3. The average Bonchev–Trinajstić information content (AvgIpc) is 3.42. The summed E-state index contributed by atoms with van der Waals surface area (Å²) in [4.78, 5) is 31.7. The number of carbonyl (C=O) groups is 2. The number of aliphatic carboxylic acids is 1. The van der Waals surface area contributed by atoms with Gasteiger partial charge in [0, 0.05) is 11.3 Å². The second-order valence-corrected chi connectivity index (χ2v) is 37.1. The van der Waals surface area contributed by atoms with E-state index in [4.69, 9.17) is 13.3 Å². The summed E-state index contributed by atoms with van der Waals surface area (Å²) in [6.07, 6.45) is 7.04. The number of aromatic nitrogens is 1. The van der Waals surface area contributed by atoms with Crippen molar-refractivity contribution in [2.45, 2.75) is 214 Å². The minimum atomic E-state index is -2.38. The molecule has 1 saturated carbocycles. The van der Waals surface area contributed by atoms with Gasteiger partial charge in [-0.3, -0.25) is 9.59 Å². The van der Waals surface area contributed by atoms with Gasteiger partial charge in [0.2, 0.25) is 0 Å². The van der Waals surface area contributed by atoms with Crippen LogP contribution in [-0.4, -0.2) is 65.1 Å². The van der Waals surface area contributed by atoms with Gasteiger partial charge in [0.1, 0.15) is 17.7 Å². The van der Waals surface area contributed by atoms with Crippen molar-refractivity contribution in [2.75, 3.05) is 0 Å². The third-order valence-electron chi connectivity index (χ3n) is 14.0. The fourth-order valence-electron chi connectivity index (χ4n) is 6.86. The van der Waals surface area contributed by atoms with Crippen LogP contribution in [0.2, 0.25) is 54.4 Å². The number of rotatable bonds is 21. The van der Waals surface area contributed by atoms with Crippen LogP contribution in [0.4, 0.5) is 4.39 Å². The second kappa shape index (κ2) is 19.6. The molecule has 0 aromatic carbocycles. The SMILES string of the molecule is C/C(=C\CC(O[Si](C)(C)C(C)(C)C)/C(F)=C/c1csc(C)n1)CCCC(C)C(O[Si](C)(C)C(C)(C)C)C(C)C(=O)C1(C(CC(=O)O)O[Si](C)(C)C(C)(C)C)CCC1. The van der Waals surface area contributed by atoms with Gasteiger partial charge in [0.25, 0.3) is 0 Å². The highest BCUT2D eigenvalue weighted by molar-refractivity contribution is 7.09. The molecule has 57 heavy (non-hydrogen) atoms. The van der Waals surface area contributed by atoms with Crippen molar-refractivity contribution in [3.63, 3.8) is 0 Å². The maximum atomic E-state index is 15.9. The van der Waals surface area contributed by atoms with E-state index in [2.05, 4.69) is 127 Å². The number of carboxylic acids is 1. The van der Waals surface area contributed by atoms with Crippen molar-refractivity contribution in [1.29, 1.82) is 0 Å². The lowest BCUT2D eigenvalue weighted by Gasteiger charge is -2.52. The summed E-state index contributed by atoms with van der Waals surface area (Å²) in [7, 11) is -6.96. The van der Waals surface area contributed by atoms with Gasteiger partial charge in [-0.15, -0.1) is 11.3 Å². The Morgan fingerprint density at radius 3 is 1.86 bits per heavy atom. The first-order valence-corrected chi connectivity index (χ1v) is 31.0. The van der Waals surface area contributed by atoms with Gasteiger partial charge in [-0.05, 0) is 119 Å². The van der Waals surface area contributed by atoms with Gasteiger partial charge in [0.05, 0.1) is 34.7 Å². The molecule has 0 radical (unpaired) electrons. The number of carboxylic acid groups (broad SMARTS) is 1. The number of halogens is 1. The van der Waals surface area contributed by atoms with Crippen molar-refractivity contribution >= 4 is 54.1 Å². The van der Waals surface area contributed by atoms with Crippen LogP contribution in [0, 0.1) is 24.2 Å². The van der Waals surface area contributed by atoms with Crippen LogP contribution >= 0.6 is 11.3 Å². The lowest BCUT2D eigenvalue weighted by Crippen LogP contribution is -2.58. The van der Waals surface area contributed by atoms with Crippen LogP contribution in [0.3, 0.4) is 0 Å². The predicted molar refractivity (Wildman–Crippen MR) is 246 cm³/mol. The molecular formula is C45H82FNO6SSi3. The van der Waals surface area contributed by atoms with Crippen LogP contribution in [0.1, 0.15) is 145 Å². The van der Waals surface area contributed by atoms with Crippen LogP contribution in [-0.2, 0) is 22.9 Å². The third kappa shape index (κ3) is 13.9. The van der Waals surface area contributed by atoms with Crippen molar-refractivity contribution < 1.29 is 32.4 Å². The molecule has 1 aromatic heterocycles. The Morgan fingerprint density at radius 1 is 0.912 bits per heavy atom. The summed E-state index contributed by atoms with van der Waals surface area (Å²) in [5.74, 6) is -1.46. The monoisotopic (exact) mass is 868 g/mol. The van der Waals surface area contributed by atoms with Gasteiger partial charge in [-0.25, -0.2) is 9.37 Å². The first kappa shape index (κ1) is 51.9. The molecule has 1 aliphatic rings. The zero-order valence-electron chi connectivity index (χ0n) is 39.5. The van der Waals surface area contributed by atoms with E-state index >= 15 is 4.39 Å². The number of carbonyl (C=O) groups excluding carboxylic acids is 1. The van der Waals surface area contributed by atoms with Crippen molar-refractivity contribution in [1.82, 2.24) is 4.98 Å². The number of ketones is 1. The number of allylic oxidation sites excluding steroid dienone is 1. The molecular weight excluding hydrogens is 786 g/mol. The molecule has 2 rings (SSSR count). The highest BCUT2D eigenvalue weighted by atomic mass is 32.1. The fraction of sp³-hybridized carbons (Fsp3) is 0.800. The molecule has 1 heterocycles. The lowest BCUT2D eigenvalue weighted by atomic mass is 9.58. The van der Waals surface area contributed by atoms with Gasteiger partial charge in [0.15, 0.2) is 25.0 Å². The Kier molecular flexibility index (Phi) is 17.8. The van der Waals surface area contributed by atoms with E-state index in [9.17, 15) is 14.7 Å². The number of Topliss-reactive ketones (excluding diaryl/α,β-unsaturated/α-hetero) is 1. The molecule has 0 aliphatic heterocycles. The van der Waals surface area contributed by atoms with Crippen molar-refractivity contribution in [3.05, 3.63) is 33.6 Å². The Morgan fingerprint density at radius 2 is 1.42 bits per heavy atom. The van der Waals surface area contributed by atoms with Gasteiger partial charge in [-0.1, -0.05) is 94.2 Å². The zero-order chi connectivity index (χ0) is 44.2. The Labute approximate surface area is 354 Å². The molecule has 0 amide bonds. The van der Waals surface area contributed by atoms with Crippen molar-refractivity contribution in [2.24, 2.45) is 17.3 Å². The highest BCUT2D eigenvalue weighted by Crippen LogP contribution is 2.52. The first-order valence-electron chi connectivity index (χ1n) is 21.4. The Hall–Kier alpha value is -1.29. The summed E-state index contributed by atoms with van der Waals surface area (Å²) < 4.78 is 36.6. The topological polar surface area (TPSA) is 95.0 Å². The third-order valence-corrected chi connectivity index (χ3v) is 28.3. The molecule has 7 nitrogen and oxygen atoms in total. The second-order valence-electron chi connectivity index (χ2n) is 21.8. The summed E-state index contributed by atoms with van der Waals surface area (Å²) in [6.45, 7) is 41.0. The van der Waals surface area contributed by atoms with Crippen LogP contribution < -0.4 is 0 Å². The minimum Gasteiger partial charge on any atom is -0.481 e. The summed E-state index contributed by atoms with van der Waals surface area (Å²) in [5, 5.41) is 12.6. The largest absolute Gasteiger partial charge is 0.481 e. The molecule has 1 aromatic rings. The van der Waals surface area contributed by atoms with E-state index in [0.29, 0.717) is 25.0 Å². The summed E-state index contributed by atoms with van der Waals surface area (Å²) in [6, 6.07) is 0. The number of aryl methyl sites for hydroxylation is 1. The summed E-state index contributed by atoms with van der Waals surface area (Å²) in [5.41, 5.74) is 0.980. The highest BCUT2D eigenvalue weighted by Gasteiger charge is 2.56. The smallest absolute Gasteiger partial charge is 0.305 e. The van der Waals surface area contributed by atoms with Crippen LogP contribution in [0.25, 0.3) is 6.08 Å². The van der Waals surface area contributed by atoms with Gasteiger partial charge < -0.3 is 18.4 Å². The van der Waals surface area contributed by atoms with E-state index in [0.717, 1.165) is 30.7 Å². The normalized spacial score (nSPS) is 19.1. The molecule has 0 bridgehead atoms. The van der Waals surface area contributed by atoms with E-state index in [1.165, 1.54) is 23.0 Å². The molecule has 1 aliphatic carbocycles. The quantitative estimate of drug-likeness (QED) is 0.0971. The average molecular weight is 868 g/mol. The molecule has 0 spiro atoms. The van der Waals surface area contributed by atoms with Crippen molar-refractivity contribution in [3.8, 4) is 0 Å². The Bertz CT molecular complexity index is 1560. The van der Waals surface area contributed by atoms with Crippen LogP contribution in [0.5, 0.6) is 0 Å². The maximum absolute atomic E-state index is 15.9. The van der Waals surface area contributed by atoms with E-state index in [1.807, 2.05) is 19.2 Å². The van der Waals surface area contributed by atoms with Gasteiger partial charge in [-0.2, -0.15) is 0 Å². The molecule has 1 N–H and O–H groups in total. The van der Waals surface area contributed by atoms with Gasteiger partial charge >= 0.3 is 5.97 Å². The van der Waals surface area contributed by atoms with E-state index < -0.39 is 54.5 Å².